The van der Waals surface area contributed by atoms with Crippen LogP contribution in [0.3, 0.4) is 0 Å². The monoisotopic (exact) mass is 346 g/mol. The third-order valence-corrected chi connectivity index (χ3v) is 3.63. The highest BCUT2D eigenvalue weighted by Gasteiger charge is 2.02. The first-order chi connectivity index (χ1) is 11.5. The van der Waals surface area contributed by atoms with Crippen molar-refractivity contribution < 1.29 is 9.13 Å². The molecule has 0 fully saturated rings. The number of aliphatic imine (C=N–C) groups is 2. The minimum absolute atomic E-state index is 0.372. The summed E-state index contributed by atoms with van der Waals surface area (Å²) in [7, 11) is 4.51. The molecule has 0 aliphatic heterocycles. The molecule has 0 aliphatic carbocycles. The summed E-state index contributed by atoms with van der Waals surface area (Å²) in [6, 6.07) is 12.5. The van der Waals surface area contributed by atoms with Crippen LogP contribution in [0, 0.1) is 0 Å². The fourth-order valence-electron chi connectivity index (χ4n) is 1.98. The number of hydrogen-bond acceptors (Lipinski definition) is 3. The topological polar surface area (TPSA) is 72.0 Å². The average Bonchev–Trinajstić information content (AvgIpc) is 2.55. The van der Waals surface area contributed by atoms with Crippen LogP contribution in [0.15, 0.2) is 52.4 Å². The Labute approximate surface area is 143 Å². The normalized spacial score (nSPS) is 13.1. The van der Waals surface area contributed by atoms with Crippen molar-refractivity contribution >= 4 is 38.1 Å². The maximum absolute atomic E-state index is 12.7. The van der Waals surface area contributed by atoms with Gasteiger partial charge in [0.05, 0.1) is 5.69 Å². The van der Waals surface area contributed by atoms with Crippen molar-refractivity contribution in [1.82, 2.24) is 0 Å². The van der Waals surface area contributed by atoms with E-state index < -0.39 is 6.36 Å². The van der Waals surface area contributed by atoms with Gasteiger partial charge in [-0.25, -0.2) is 14.4 Å². The number of ether oxygens (including phenoxy) is 1. The zero-order valence-corrected chi connectivity index (χ0v) is 14.7. The summed E-state index contributed by atoms with van der Waals surface area (Å²) >= 11 is 0. The average molecular weight is 346 g/mol. The molecule has 2 unspecified atom stereocenters. The van der Waals surface area contributed by atoms with Crippen LogP contribution in [-0.2, 0) is 0 Å². The lowest BCUT2D eigenvalue weighted by Gasteiger charge is -2.07. The van der Waals surface area contributed by atoms with Crippen LogP contribution in [0.2, 0.25) is 0 Å². The molecule has 5 nitrogen and oxygen atoms in total. The molecule has 2 aromatic rings. The quantitative estimate of drug-likeness (QED) is 0.480. The van der Waals surface area contributed by atoms with E-state index in [1.807, 2.05) is 25.2 Å². The van der Waals surface area contributed by atoms with Crippen LogP contribution >= 0.6 is 9.24 Å². The Balaban J connectivity index is 2.06. The predicted molar refractivity (Wildman–Crippen MR) is 102 cm³/mol. The zero-order chi connectivity index (χ0) is 17.5. The largest absolute Gasteiger partial charge is 0.461 e. The number of benzene rings is 2. The van der Waals surface area contributed by atoms with Gasteiger partial charge in [-0.2, -0.15) is 0 Å². The fourth-order valence-corrected chi connectivity index (χ4v) is 2.40. The number of nitrogens with one attached hydrogen (secondary N) is 1. The summed E-state index contributed by atoms with van der Waals surface area (Å²) in [5, 5.41) is 4.08. The van der Waals surface area contributed by atoms with E-state index in [1.165, 1.54) is 13.3 Å². The predicted octanol–water partition coefficient (Wildman–Crippen LogP) is 2.99. The number of amidine groups is 1. The van der Waals surface area contributed by atoms with Crippen molar-refractivity contribution in [2.45, 2.75) is 13.3 Å². The lowest BCUT2D eigenvalue weighted by Crippen LogP contribution is -2.15. The standard InChI is InChI=1S/C17H20FN4OP/c1-11(18)23-14-6-4-13(5-7-14)21-10-22-17(19)12-3-8-15(20-2)16(24)9-12/h3-11,20H,24H2,1-2H3,(H2,19,21,22). The van der Waals surface area contributed by atoms with Crippen molar-refractivity contribution in [2.75, 3.05) is 12.4 Å². The van der Waals surface area contributed by atoms with Gasteiger partial charge in [0.2, 0.25) is 6.36 Å². The Morgan fingerprint density at radius 3 is 2.58 bits per heavy atom. The maximum Gasteiger partial charge on any atom is 0.235 e. The third kappa shape index (κ3) is 5.03. The number of halogens is 1. The summed E-state index contributed by atoms with van der Waals surface area (Å²) in [5.74, 6) is 0.820. The van der Waals surface area contributed by atoms with Crippen LogP contribution in [0.4, 0.5) is 15.8 Å². The molecule has 0 saturated carbocycles. The maximum atomic E-state index is 12.7. The minimum atomic E-state index is -1.35. The lowest BCUT2D eigenvalue weighted by atomic mass is 10.2. The SMILES string of the molecule is CNc1ccc(C(N)=NC=Nc2ccc(OC(C)F)cc2)cc1P. The summed E-state index contributed by atoms with van der Waals surface area (Å²) in [5.41, 5.74) is 8.46. The zero-order valence-electron chi connectivity index (χ0n) is 13.5. The van der Waals surface area contributed by atoms with E-state index in [-0.39, 0.29) is 0 Å². The van der Waals surface area contributed by atoms with Gasteiger partial charge in [0.1, 0.15) is 17.9 Å². The van der Waals surface area contributed by atoms with Crippen LogP contribution in [0.25, 0.3) is 0 Å². The molecule has 126 valence electrons. The van der Waals surface area contributed by atoms with Gasteiger partial charge in [-0.15, -0.1) is 9.24 Å². The smallest absolute Gasteiger partial charge is 0.235 e. The molecule has 0 aliphatic rings. The van der Waals surface area contributed by atoms with Crippen LogP contribution < -0.4 is 21.1 Å². The second-order valence-electron chi connectivity index (χ2n) is 4.97. The van der Waals surface area contributed by atoms with Crippen molar-refractivity contribution in [3.05, 3.63) is 48.0 Å². The number of hydrogen-bond donors (Lipinski definition) is 2. The first-order valence-electron chi connectivity index (χ1n) is 7.34. The Morgan fingerprint density at radius 1 is 1.29 bits per heavy atom. The summed E-state index contributed by atoms with van der Waals surface area (Å²) < 4.78 is 17.7. The first-order valence-corrected chi connectivity index (χ1v) is 7.91. The molecular formula is C17H20FN4OP. The molecule has 3 N–H and O–H groups in total. The van der Waals surface area contributed by atoms with Gasteiger partial charge in [-0.3, -0.25) is 0 Å². The molecule has 2 atom stereocenters. The van der Waals surface area contributed by atoms with Crippen molar-refractivity contribution in [2.24, 2.45) is 15.7 Å². The van der Waals surface area contributed by atoms with Gasteiger partial charge in [-0.1, -0.05) is 0 Å². The molecule has 2 rings (SSSR count). The Bertz CT molecular complexity index is 745. The molecule has 7 heteroatoms. The molecule has 0 aromatic heterocycles. The summed E-state index contributed by atoms with van der Waals surface area (Å²) in [6.07, 6.45) is 0.0388. The second-order valence-corrected chi connectivity index (χ2v) is 5.59. The summed E-state index contributed by atoms with van der Waals surface area (Å²) in [6.45, 7) is 1.33. The molecule has 0 bridgehead atoms. The molecule has 0 amide bonds. The van der Waals surface area contributed by atoms with Gasteiger partial charge in [0.25, 0.3) is 0 Å². The lowest BCUT2D eigenvalue weighted by molar-refractivity contribution is 0.0861. The Hall–Kier alpha value is -2.46. The van der Waals surface area contributed by atoms with Gasteiger partial charge in [0, 0.05) is 25.2 Å². The molecule has 0 spiro atoms. The number of rotatable bonds is 6. The van der Waals surface area contributed by atoms with Crippen molar-refractivity contribution in [3.8, 4) is 5.75 Å². The molecule has 0 heterocycles. The van der Waals surface area contributed by atoms with Gasteiger partial charge in [0.15, 0.2) is 0 Å². The minimum Gasteiger partial charge on any atom is -0.461 e. The first kappa shape index (κ1) is 17.9. The highest BCUT2D eigenvalue weighted by atomic mass is 31.0. The number of nitrogens with zero attached hydrogens (tertiary/aromatic N) is 2. The highest BCUT2D eigenvalue weighted by Crippen LogP contribution is 2.19. The van der Waals surface area contributed by atoms with E-state index in [0.717, 1.165) is 16.6 Å². The second kappa shape index (κ2) is 8.41. The number of anilines is 1. The van der Waals surface area contributed by atoms with Crippen molar-refractivity contribution in [1.29, 1.82) is 0 Å². The molecule has 0 radical (unpaired) electrons. The number of alkyl halides is 1. The third-order valence-electron chi connectivity index (χ3n) is 3.16. The van der Waals surface area contributed by atoms with Crippen LogP contribution in [0.5, 0.6) is 5.75 Å². The van der Waals surface area contributed by atoms with Gasteiger partial charge < -0.3 is 15.8 Å². The van der Waals surface area contributed by atoms with Crippen LogP contribution in [0.1, 0.15) is 12.5 Å². The Kier molecular flexibility index (Phi) is 6.27. The number of nitrogens with two attached hydrogens (primary N) is 1. The van der Waals surface area contributed by atoms with Gasteiger partial charge in [-0.05, 0) is 47.8 Å². The van der Waals surface area contributed by atoms with Crippen molar-refractivity contribution in [3.63, 3.8) is 0 Å². The Morgan fingerprint density at radius 2 is 2.00 bits per heavy atom. The molecule has 0 saturated heterocycles. The van der Waals surface area contributed by atoms with E-state index in [9.17, 15) is 4.39 Å². The highest BCUT2D eigenvalue weighted by molar-refractivity contribution is 7.28. The molecule has 2 aromatic carbocycles. The summed E-state index contributed by atoms with van der Waals surface area (Å²) in [4.78, 5) is 8.33. The van der Waals surface area contributed by atoms with Gasteiger partial charge >= 0.3 is 0 Å². The van der Waals surface area contributed by atoms with Crippen LogP contribution in [-0.4, -0.2) is 25.6 Å². The molecule has 24 heavy (non-hydrogen) atoms. The van der Waals surface area contributed by atoms with E-state index in [2.05, 4.69) is 24.5 Å². The van der Waals surface area contributed by atoms with E-state index in [0.29, 0.717) is 17.3 Å². The molecular weight excluding hydrogens is 326 g/mol. The van der Waals surface area contributed by atoms with E-state index in [1.54, 1.807) is 24.3 Å². The fraction of sp³-hybridized carbons (Fsp3) is 0.176. The van der Waals surface area contributed by atoms with E-state index in [4.69, 9.17) is 10.5 Å². The van der Waals surface area contributed by atoms with E-state index >= 15 is 0 Å².